The summed E-state index contributed by atoms with van der Waals surface area (Å²) >= 11 is 0. The van der Waals surface area contributed by atoms with Crippen molar-refractivity contribution in [3.63, 3.8) is 0 Å². The molecule has 2 amide bonds. The van der Waals surface area contributed by atoms with Gasteiger partial charge in [-0.2, -0.15) is 0 Å². The van der Waals surface area contributed by atoms with E-state index in [1.165, 1.54) is 0 Å². The van der Waals surface area contributed by atoms with Crippen LogP contribution in [0.5, 0.6) is 0 Å². The first-order valence-corrected chi connectivity index (χ1v) is 7.34. The number of anilines is 2. The highest BCUT2D eigenvalue weighted by Crippen LogP contribution is 2.28. The predicted molar refractivity (Wildman–Crippen MR) is 84.1 cm³/mol. The fourth-order valence-electron chi connectivity index (χ4n) is 2.48. The summed E-state index contributed by atoms with van der Waals surface area (Å²) < 4.78 is 0. The molecule has 5 heteroatoms. The van der Waals surface area contributed by atoms with Crippen LogP contribution in [0.3, 0.4) is 0 Å². The zero-order valence-electron chi connectivity index (χ0n) is 12.9. The molecule has 0 aromatic heterocycles. The monoisotopic (exact) mass is 289 g/mol. The van der Waals surface area contributed by atoms with Gasteiger partial charge in [0.1, 0.15) is 6.54 Å². The highest BCUT2D eigenvalue weighted by molar-refractivity contribution is 6.00. The van der Waals surface area contributed by atoms with E-state index in [-0.39, 0.29) is 24.4 Å². The number of fused-ring (bicyclic) bond motifs is 1. The lowest BCUT2D eigenvalue weighted by Crippen LogP contribution is -2.43. The van der Waals surface area contributed by atoms with Crippen LogP contribution in [0.1, 0.15) is 32.3 Å². The van der Waals surface area contributed by atoms with Crippen LogP contribution in [0.4, 0.5) is 11.4 Å². The molecule has 1 aliphatic heterocycles. The number of rotatable bonds is 3. The fraction of sp³-hybridized carbons (Fsp3) is 0.500. The Morgan fingerprint density at radius 2 is 2.10 bits per heavy atom. The smallest absolute Gasteiger partial charge is 0.242 e. The van der Waals surface area contributed by atoms with Crippen LogP contribution < -0.4 is 10.6 Å². The Kier molecular flexibility index (Phi) is 4.50. The molecule has 0 saturated carbocycles. The van der Waals surface area contributed by atoms with Crippen molar-refractivity contribution in [3.05, 3.63) is 23.8 Å². The summed E-state index contributed by atoms with van der Waals surface area (Å²) in [5, 5.41) is 0. The Balaban J connectivity index is 2.29. The number of aryl methyl sites for hydroxylation is 1. The van der Waals surface area contributed by atoms with Crippen molar-refractivity contribution in [2.75, 3.05) is 24.2 Å². The van der Waals surface area contributed by atoms with E-state index in [4.69, 9.17) is 5.73 Å². The first-order chi connectivity index (χ1) is 9.90. The number of nitrogens with zero attached hydrogens (tertiary/aromatic N) is 2. The highest BCUT2D eigenvalue weighted by Gasteiger charge is 2.26. The maximum Gasteiger partial charge on any atom is 0.242 e. The number of nitrogen functional groups attached to an aromatic ring is 1. The molecule has 114 valence electrons. The number of carbonyl (C=O) groups excluding carboxylic acids is 2. The number of amides is 2. The molecule has 0 fully saturated rings. The molecule has 1 aromatic carbocycles. The summed E-state index contributed by atoms with van der Waals surface area (Å²) in [5.74, 6) is -0.0490. The average molecular weight is 289 g/mol. The molecule has 1 heterocycles. The molecule has 21 heavy (non-hydrogen) atoms. The van der Waals surface area contributed by atoms with E-state index < -0.39 is 0 Å². The molecule has 0 aliphatic carbocycles. The lowest BCUT2D eigenvalue weighted by atomic mass is 10.1. The average Bonchev–Trinajstić information content (AvgIpc) is 2.57. The number of nitrogens with two attached hydrogens (primary N) is 1. The van der Waals surface area contributed by atoms with E-state index in [1.807, 2.05) is 26.0 Å². The number of likely N-dealkylation sites (N-methyl/N-ethyl adjacent to an activating group) is 1. The first kappa shape index (κ1) is 15.4. The quantitative estimate of drug-likeness (QED) is 0.863. The van der Waals surface area contributed by atoms with Crippen LogP contribution in [-0.2, 0) is 16.0 Å². The Bertz CT molecular complexity index is 554. The van der Waals surface area contributed by atoms with E-state index >= 15 is 0 Å². The molecule has 0 bridgehead atoms. The van der Waals surface area contributed by atoms with Crippen molar-refractivity contribution in [2.45, 2.75) is 39.2 Å². The SMILES string of the molecule is CC(C)N(C)C(=O)CN1C(=O)CCCc2cc(N)ccc21. The highest BCUT2D eigenvalue weighted by atomic mass is 16.2. The first-order valence-electron chi connectivity index (χ1n) is 7.34. The Labute approximate surface area is 125 Å². The van der Waals surface area contributed by atoms with Gasteiger partial charge in [-0.05, 0) is 50.5 Å². The Hall–Kier alpha value is -2.04. The number of hydrogen-bond acceptors (Lipinski definition) is 3. The number of carbonyl (C=O) groups is 2. The van der Waals surface area contributed by atoms with Crippen LogP contribution in [0, 0.1) is 0 Å². The van der Waals surface area contributed by atoms with Gasteiger partial charge >= 0.3 is 0 Å². The summed E-state index contributed by atoms with van der Waals surface area (Å²) in [6.07, 6.45) is 2.07. The Morgan fingerprint density at radius 1 is 1.38 bits per heavy atom. The molecule has 0 saturated heterocycles. The number of benzene rings is 1. The fourth-order valence-corrected chi connectivity index (χ4v) is 2.48. The van der Waals surface area contributed by atoms with Gasteiger partial charge in [0, 0.05) is 30.9 Å². The third-order valence-corrected chi connectivity index (χ3v) is 3.99. The standard InChI is InChI=1S/C16H23N3O2/c1-11(2)18(3)16(21)10-19-14-8-7-13(17)9-12(14)5-4-6-15(19)20/h7-9,11H,4-6,10,17H2,1-3H3. The molecule has 5 nitrogen and oxygen atoms in total. The van der Waals surface area contributed by atoms with Crippen molar-refractivity contribution < 1.29 is 9.59 Å². The molecule has 2 rings (SSSR count). The predicted octanol–water partition coefficient (Wildman–Crippen LogP) is 1.80. The Morgan fingerprint density at radius 3 is 2.76 bits per heavy atom. The van der Waals surface area contributed by atoms with Crippen LogP contribution in [-0.4, -0.2) is 36.3 Å². The third-order valence-electron chi connectivity index (χ3n) is 3.99. The van der Waals surface area contributed by atoms with E-state index in [9.17, 15) is 9.59 Å². The zero-order chi connectivity index (χ0) is 15.6. The molecule has 1 aliphatic rings. The van der Waals surface area contributed by atoms with E-state index in [2.05, 4.69) is 0 Å². The lowest BCUT2D eigenvalue weighted by molar-refractivity contribution is -0.131. The molecule has 2 N–H and O–H groups in total. The molecular formula is C16H23N3O2. The summed E-state index contributed by atoms with van der Waals surface area (Å²) in [4.78, 5) is 27.9. The van der Waals surface area contributed by atoms with Crippen molar-refractivity contribution in [1.82, 2.24) is 4.90 Å². The van der Waals surface area contributed by atoms with E-state index in [1.54, 1.807) is 22.9 Å². The van der Waals surface area contributed by atoms with Gasteiger partial charge in [0.2, 0.25) is 11.8 Å². The van der Waals surface area contributed by atoms with Gasteiger partial charge in [-0.15, -0.1) is 0 Å². The molecule has 0 spiro atoms. The summed E-state index contributed by atoms with van der Waals surface area (Å²) in [5.41, 5.74) is 8.37. The minimum atomic E-state index is -0.0528. The summed E-state index contributed by atoms with van der Waals surface area (Å²) in [6.45, 7) is 4.00. The largest absolute Gasteiger partial charge is 0.399 e. The normalized spacial score (nSPS) is 14.9. The molecule has 1 aromatic rings. The molecule has 0 unspecified atom stereocenters. The summed E-state index contributed by atoms with van der Waals surface area (Å²) in [7, 11) is 1.76. The van der Waals surface area contributed by atoms with E-state index in [0.29, 0.717) is 12.1 Å². The van der Waals surface area contributed by atoms with Crippen LogP contribution >= 0.6 is 0 Å². The van der Waals surface area contributed by atoms with Crippen LogP contribution in [0.15, 0.2) is 18.2 Å². The van der Waals surface area contributed by atoms with Crippen molar-refractivity contribution in [3.8, 4) is 0 Å². The van der Waals surface area contributed by atoms with Gasteiger partial charge in [0.25, 0.3) is 0 Å². The maximum atomic E-state index is 12.3. The second kappa shape index (κ2) is 6.16. The van der Waals surface area contributed by atoms with Gasteiger partial charge in [0.05, 0.1) is 0 Å². The maximum absolute atomic E-state index is 12.3. The zero-order valence-corrected chi connectivity index (χ0v) is 12.9. The minimum absolute atomic E-state index is 0.00373. The van der Waals surface area contributed by atoms with Gasteiger partial charge in [0.15, 0.2) is 0 Å². The van der Waals surface area contributed by atoms with Crippen LogP contribution in [0.25, 0.3) is 0 Å². The minimum Gasteiger partial charge on any atom is -0.399 e. The van der Waals surface area contributed by atoms with Gasteiger partial charge in [-0.3, -0.25) is 9.59 Å². The second-order valence-electron chi connectivity index (χ2n) is 5.82. The molecular weight excluding hydrogens is 266 g/mol. The van der Waals surface area contributed by atoms with Crippen molar-refractivity contribution >= 4 is 23.2 Å². The summed E-state index contributed by atoms with van der Waals surface area (Å²) in [6, 6.07) is 5.64. The van der Waals surface area contributed by atoms with Crippen molar-refractivity contribution in [2.24, 2.45) is 0 Å². The number of hydrogen-bond donors (Lipinski definition) is 1. The molecule has 0 radical (unpaired) electrons. The second-order valence-corrected chi connectivity index (χ2v) is 5.82. The lowest BCUT2D eigenvalue weighted by Gasteiger charge is -2.27. The van der Waals surface area contributed by atoms with E-state index in [0.717, 1.165) is 24.1 Å². The van der Waals surface area contributed by atoms with Gasteiger partial charge < -0.3 is 15.5 Å². The topological polar surface area (TPSA) is 66.6 Å². The third kappa shape index (κ3) is 3.35. The van der Waals surface area contributed by atoms with Crippen LogP contribution in [0.2, 0.25) is 0 Å². The van der Waals surface area contributed by atoms with Crippen molar-refractivity contribution in [1.29, 1.82) is 0 Å². The van der Waals surface area contributed by atoms with Gasteiger partial charge in [-0.1, -0.05) is 0 Å². The van der Waals surface area contributed by atoms with Gasteiger partial charge in [-0.25, -0.2) is 0 Å². The molecule has 0 atom stereocenters.